The van der Waals surface area contributed by atoms with Crippen molar-refractivity contribution >= 4 is 17.8 Å². The molecule has 0 unspecified atom stereocenters. The SMILES string of the molecule is O=C(COC(=O)CNC(=O)c1ccccc1F)NCC1(c2ccccc2)CCC1. The Hall–Kier alpha value is -3.22. The molecule has 0 heterocycles. The molecule has 6 nitrogen and oxygen atoms in total. The molecule has 2 aromatic carbocycles. The molecule has 1 saturated carbocycles. The lowest BCUT2D eigenvalue weighted by molar-refractivity contribution is -0.147. The minimum Gasteiger partial charge on any atom is -0.454 e. The van der Waals surface area contributed by atoms with E-state index < -0.39 is 36.8 Å². The van der Waals surface area contributed by atoms with Gasteiger partial charge in [0.1, 0.15) is 12.4 Å². The molecule has 2 aromatic rings. The van der Waals surface area contributed by atoms with E-state index in [1.807, 2.05) is 18.2 Å². The molecule has 29 heavy (non-hydrogen) atoms. The lowest BCUT2D eigenvalue weighted by Crippen LogP contribution is -2.46. The number of carbonyl (C=O) groups excluding carboxylic acids is 3. The zero-order valence-electron chi connectivity index (χ0n) is 15.9. The first-order valence-corrected chi connectivity index (χ1v) is 9.51. The molecule has 0 bridgehead atoms. The number of hydrogen-bond donors (Lipinski definition) is 2. The molecule has 2 N–H and O–H groups in total. The summed E-state index contributed by atoms with van der Waals surface area (Å²) in [6.07, 6.45) is 3.11. The van der Waals surface area contributed by atoms with E-state index in [1.54, 1.807) is 0 Å². The van der Waals surface area contributed by atoms with Gasteiger partial charge in [-0.2, -0.15) is 0 Å². The van der Waals surface area contributed by atoms with Crippen molar-refractivity contribution in [3.63, 3.8) is 0 Å². The quantitative estimate of drug-likeness (QED) is 0.669. The Balaban J connectivity index is 1.40. The van der Waals surface area contributed by atoms with Crippen LogP contribution in [0.2, 0.25) is 0 Å². The fourth-order valence-electron chi connectivity index (χ4n) is 3.37. The highest BCUT2D eigenvalue weighted by Crippen LogP contribution is 2.43. The van der Waals surface area contributed by atoms with E-state index in [0.717, 1.165) is 25.3 Å². The third-order valence-corrected chi connectivity index (χ3v) is 5.20. The summed E-state index contributed by atoms with van der Waals surface area (Å²) in [6, 6.07) is 15.5. The molecule has 0 spiro atoms. The molecule has 0 atom stereocenters. The van der Waals surface area contributed by atoms with E-state index in [0.29, 0.717) is 6.54 Å². The summed E-state index contributed by atoms with van der Waals surface area (Å²) in [7, 11) is 0. The summed E-state index contributed by atoms with van der Waals surface area (Å²) in [5, 5.41) is 5.10. The Labute approximate surface area is 168 Å². The van der Waals surface area contributed by atoms with Crippen LogP contribution in [0.1, 0.15) is 35.2 Å². The first-order chi connectivity index (χ1) is 14.0. The Morgan fingerprint density at radius 2 is 1.66 bits per heavy atom. The van der Waals surface area contributed by atoms with Crippen molar-refractivity contribution in [1.82, 2.24) is 10.6 Å². The maximum Gasteiger partial charge on any atom is 0.325 e. The molecule has 152 valence electrons. The summed E-state index contributed by atoms with van der Waals surface area (Å²) < 4.78 is 18.4. The van der Waals surface area contributed by atoms with E-state index in [-0.39, 0.29) is 11.0 Å². The summed E-state index contributed by atoms with van der Waals surface area (Å²) in [5.41, 5.74) is 0.971. The van der Waals surface area contributed by atoms with Gasteiger partial charge in [0.25, 0.3) is 11.8 Å². The van der Waals surface area contributed by atoms with Gasteiger partial charge >= 0.3 is 5.97 Å². The van der Waals surface area contributed by atoms with Crippen LogP contribution in [0.15, 0.2) is 54.6 Å². The van der Waals surface area contributed by atoms with Crippen LogP contribution in [0.25, 0.3) is 0 Å². The monoisotopic (exact) mass is 398 g/mol. The number of nitrogens with one attached hydrogen (secondary N) is 2. The van der Waals surface area contributed by atoms with E-state index >= 15 is 0 Å². The Morgan fingerprint density at radius 1 is 0.966 bits per heavy atom. The molecule has 3 rings (SSSR count). The summed E-state index contributed by atoms with van der Waals surface area (Å²) in [6.45, 7) is -0.398. The first kappa shape index (κ1) is 20.5. The van der Waals surface area contributed by atoms with E-state index in [1.165, 1.54) is 23.8 Å². The number of carbonyl (C=O) groups is 3. The maximum absolute atomic E-state index is 13.5. The second kappa shape index (κ2) is 9.32. The topological polar surface area (TPSA) is 84.5 Å². The van der Waals surface area contributed by atoms with Crippen molar-refractivity contribution in [2.24, 2.45) is 0 Å². The van der Waals surface area contributed by atoms with Gasteiger partial charge in [-0.25, -0.2) is 4.39 Å². The molecule has 1 aliphatic rings. The summed E-state index contributed by atoms with van der Waals surface area (Å²) in [5.74, 6) is -2.58. The predicted octanol–water partition coefficient (Wildman–Crippen LogP) is 2.34. The molecular weight excluding hydrogens is 375 g/mol. The minimum atomic E-state index is -0.772. The largest absolute Gasteiger partial charge is 0.454 e. The highest BCUT2D eigenvalue weighted by atomic mass is 19.1. The van der Waals surface area contributed by atoms with Crippen molar-refractivity contribution in [1.29, 1.82) is 0 Å². The van der Waals surface area contributed by atoms with Gasteiger partial charge in [0.05, 0.1) is 5.56 Å². The van der Waals surface area contributed by atoms with Gasteiger partial charge in [-0.05, 0) is 30.5 Å². The average Bonchev–Trinajstić information content (AvgIpc) is 2.71. The third-order valence-electron chi connectivity index (χ3n) is 5.20. The number of rotatable bonds is 8. The van der Waals surface area contributed by atoms with Crippen LogP contribution in [0.5, 0.6) is 0 Å². The van der Waals surface area contributed by atoms with Gasteiger partial charge in [-0.1, -0.05) is 48.9 Å². The Kier molecular flexibility index (Phi) is 6.59. The summed E-state index contributed by atoms with van der Waals surface area (Å²) >= 11 is 0. The summed E-state index contributed by atoms with van der Waals surface area (Å²) in [4.78, 5) is 35.6. The Bertz CT molecular complexity index is 881. The number of halogens is 1. The second-order valence-corrected chi connectivity index (χ2v) is 7.10. The van der Waals surface area contributed by atoms with E-state index in [9.17, 15) is 18.8 Å². The average molecular weight is 398 g/mol. The second-order valence-electron chi connectivity index (χ2n) is 7.10. The van der Waals surface area contributed by atoms with Crippen LogP contribution in [0, 0.1) is 5.82 Å². The normalized spacial score (nSPS) is 14.4. The van der Waals surface area contributed by atoms with Gasteiger partial charge in [0.2, 0.25) is 0 Å². The van der Waals surface area contributed by atoms with E-state index in [4.69, 9.17) is 4.74 Å². The third kappa shape index (κ3) is 5.19. The van der Waals surface area contributed by atoms with Crippen LogP contribution < -0.4 is 10.6 Å². The van der Waals surface area contributed by atoms with Crippen molar-refractivity contribution < 1.29 is 23.5 Å². The molecule has 2 amide bonds. The lowest BCUT2D eigenvalue weighted by atomic mass is 9.64. The fourth-order valence-corrected chi connectivity index (χ4v) is 3.37. The molecule has 0 saturated heterocycles. The van der Waals surface area contributed by atoms with Crippen LogP contribution in [-0.2, 0) is 19.7 Å². The smallest absolute Gasteiger partial charge is 0.325 e. The lowest BCUT2D eigenvalue weighted by Gasteiger charge is -2.42. The van der Waals surface area contributed by atoms with Crippen molar-refractivity contribution in [3.8, 4) is 0 Å². The number of benzene rings is 2. The highest BCUT2D eigenvalue weighted by Gasteiger charge is 2.38. The van der Waals surface area contributed by atoms with Crippen LogP contribution in [-0.4, -0.2) is 37.5 Å². The zero-order chi connectivity index (χ0) is 20.7. The number of esters is 1. The number of amides is 2. The zero-order valence-corrected chi connectivity index (χ0v) is 15.9. The van der Waals surface area contributed by atoms with Crippen molar-refractivity contribution in [3.05, 3.63) is 71.5 Å². The number of hydrogen-bond acceptors (Lipinski definition) is 4. The number of ether oxygens (including phenoxy) is 1. The van der Waals surface area contributed by atoms with Gasteiger partial charge in [-0.15, -0.1) is 0 Å². The standard InChI is InChI=1S/C22H23FN2O4/c23-18-10-5-4-9-17(18)21(28)24-13-20(27)29-14-19(26)25-15-22(11-6-12-22)16-7-2-1-3-8-16/h1-5,7-10H,6,11-15H2,(H,24,28)(H,25,26). The van der Waals surface area contributed by atoms with Crippen LogP contribution in [0.4, 0.5) is 4.39 Å². The minimum absolute atomic E-state index is 0.0609. The van der Waals surface area contributed by atoms with Crippen LogP contribution >= 0.6 is 0 Å². The molecule has 1 aliphatic carbocycles. The van der Waals surface area contributed by atoms with Crippen molar-refractivity contribution in [2.45, 2.75) is 24.7 Å². The molecule has 0 aliphatic heterocycles. The van der Waals surface area contributed by atoms with Crippen molar-refractivity contribution in [2.75, 3.05) is 19.7 Å². The molecule has 0 radical (unpaired) electrons. The van der Waals surface area contributed by atoms with Gasteiger partial charge < -0.3 is 15.4 Å². The van der Waals surface area contributed by atoms with Gasteiger partial charge in [-0.3, -0.25) is 14.4 Å². The molecule has 7 heteroatoms. The van der Waals surface area contributed by atoms with Crippen LogP contribution in [0.3, 0.4) is 0 Å². The molecular formula is C22H23FN2O4. The Morgan fingerprint density at radius 3 is 2.31 bits per heavy atom. The molecule has 0 aromatic heterocycles. The van der Waals surface area contributed by atoms with Gasteiger partial charge in [0.15, 0.2) is 6.61 Å². The van der Waals surface area contributed by atoms with Gasteiger partial charge in [0, 0.05) is 12.0 Å². The highest BCUT2D eigenvalue weighted by molar-refractivity contribution is 5.96. The predicted molar refractivity (Wildman–Crippen MR) is 105 cm³/mol. The molecule has 1 fully saturated rings. The maximum atomic E-state index is 13.5. The first-order valence-electron chi connectivity index (χ1n) is 9.51. The van der Waals surface area contributed by atoms with E-state index in [2.05, 4.69) is 22.8 Å². The fraction of sp³-hybridized carbons (Fsp3) is 0.318.